The minimum absolute atomic E-state index is 0.00194. The van der Waals surface area contributed by atoms with E-state index >= 15 is 0 Å². The fourth-order valence-corrected chi connectivity index (χ4v) is 8.67. The zero-order valence-corrected chi connectivity index (χ0v) is 30.7. The molecule has 5 heteroatoms. The summed E-state index contributed by atoms with van der Waals surface area (Å²) in [5.41, 5.74) is 2.44. The summed E-state index contributed by atoms with van der Waals surface area (Å²) in [5.74, 6) is 10.1. The van der Waals surface area contributed by atoms with Crippen LogP contribution in [0.3, 0.4) is 0 Å². The van der Waals surface area contributed by atoms with Crippen molar-refractivity contribution in [2.45, 2.75) is 142 Å². The molecule has 2 saturated carbocycles. The van der Waals surface area contributed by atoms with Crippen LogP contribution in [-0.4, -0.2) is 48.0 Å². The van der Waals surface area contributed by atoms with Gasteiger partial charge in [0.25, 0.3) is 0 Å². The molecule has 0 bridgehead atoms. The number of benzene rings is 1. The van der Waals surface area contributed by atoms with Gasteiger partial charge >= 0.3 is 0 Å². The minimum Gasteiger partial charge on any atom is -0.491 e. The van der Waals surface area contributed by atoms with Crippen LogP contribution >= 0.6 is 0 Å². The van der Waals surface area contributed by atoms with E-state index in [9.17, 15) is 9.59 Å². The second-order valence-electron chi connectivity index (χ2n) is 15.3. The number of hydrogen-bond acceptors (Lipinski definition) is 4. The van der Waals surface area contributed by atoms with Gasteiger partial charge in [0.2, 0.25) is 5.91 Å². The fourth-order valence-electron chi connectivity index (χ4n) is 8.67. The van der Waals surface area contributed by atoms with Gasteiger partial charge in [0.1, 0.15) is 12.4 Å². The topological polar surface area (TPSA) is 55.8 Å². The molecule has 0 radical (unpaired) electrons. The summed E-state index contributed by atoms with van der Waals surface area (Å²) < 4.78 is 13.1. The van der Waals surface area contributed by atoms with Crippen LogP contribution in [0.2, 0.25) is 0 Å². The Kier molecular flexibility index (Phi) is 14.2. The lowest BCUT2D eigenvalue weighted by molar-refractivity contribution is -0.143. The summed E-state index contributed by atoms with van der Waals surface area (Å²) in [6.07, 6.45) is 24.8. The highest BCUT2D eigenvalue weighted by Gasteiger charge is 2.38. The first-order valence-corrected chi connectivity index (χ1v) is 19.5. The average Bonchev–Trinajstić information content (AvgIpc) is 3.13. The van der Waals surface area contributed by atoms with E-state index in [1.54, 1.807) is 0 Å². The number of aldehydes is 1. The van der Waals surface area contributed by atoms with Gasteiger partial charge in [-0.3, -0.25) is 4.79 Å². The zero-order valence-electron chi connectivity index (χ0n) is 30.7. The lowest BCUT2D eigenvalue weighted by atomic mass is 9.74. The van der Waals surface area contributed by atoms with Gasteiger partial charge in [-0.25, -0.2) is 0 Å². The third-order valence-electron chi connectivity index (χ3n) is 11.8. The summed E-state index contributed by atoms with van der Waals surface area (Å²) in [6.45, 7) is 8.95. The molecule has 1 amide bonds. The third-order valence-corrected chi connectivity index (χ3v) is 11.8. The van der Waals surface area contributed by atoms with Gasteiger partial charge in [-0.2, -0.15) is 0 Å². The van der Waals surface area contributed by atoms with E-state index in [0.717, 1.165) is 94.3 Å². The largest absolute Gasteiger partial charge is 0.491 e. The number of carbonyl (C=O) groups is 2. The van der Waals surface area contributed by atoms with E-state index in [4.69, 9.17) is 9.47 Å². The molecule has 0 spiro atoms. The van der Waals surface area contributed by atoms with Crippen LogP contribution < -0.4 is 0 Å². The molecule has 5 rings (SSSR count). The van der Waals surface area contributed by atoms with Crippen molar-refractivity contribution >= 4 is 12.2 Å². The molecule has 49 heavy (non-hydrogen) atoms. The van der Waals surface area contributed by atoms with Crippen molar-refractivity contribution < 1.29 is 19.1 Å². The first-order chi connectivity index (χ1) is 23.9. The molecule has 4 aliphatic carbocycles. The lowest BCUT2D eigenvalue weighted by Gasteiger charge is -2.40. The molecule has 0 aliphatic heterocycles. The second-order valence-corrected chi connectivity index (χ2v) is 15.3. The molecule has 4 aliphatic rings. The summed E-state index contributed by atoms with van der Waals surface area (Å²) in [6, 6.07) is 10.1. The highest BCUT2D eigenvalue weighted by atomic mass is 16.5. The Morgan fingerprint density at radius 1 is 1.00 bits per heavy atom. The molecule has 5 nitrogen and oxygen atoms in total. The van der Waals surface area contributed by atoms with Crippen LogP contribution in [0.5, 0.6) is 0 Å². The van der Waals surface area contributed by atoms with Crippen molar-refractivity contribution in [3.8, 4) is 11.8 Å². The number of hydrogen-bond donors (Lipinski definition) is 0. The van der Waals surface area contributed by atoms with Crippen molar-refractivity contribution in [1.82, 2.24) is 4.90 Å². The normalized spacial score (nSPS) is 31.1. The number of amides is 1. The molecule has 7 unspecified atom stereocenters. The van der Waals surface area contributed by atoms with E-state index in [1.165, 1.54) is 30.6 Å². The summed E-state index contributed by atoms with van der Waals surface area (Å²) in [5, 5.41) is 0. The van der Waals surface area contributed by atoms with Crippen molar-refractivity contribution in [3.05, 3.63) is 71.5 Å². The number of nitrogens with zero attached hydrogens (tertiary/aromatic N) is 1. The Bertz CT molecular complexity index is 1360. The highest BCUT2D eigenvalue weighted by molar-refractivity contribution is 5.81. The average molecular weight is 668 g/mol. The summed E-state index contributed by atoms with van der Waals surface area (Å²) in [4.78, 5) is 27.6. The van der Waals surface area contributed by atoms with E-state index < -0.39 is 0 Å². The van der Waals surface area contributed by atoms with Crippen LogP contribution in [0, 0.1) is 41.4 Å². The van der Waals surface area contributed by atoms with Gasteiger partial charge in [-0.15, -0.1) is 0 Å². The number of carbonyl (C=O) groups excluding carboxylic acids is 2. The Hall–Kier alpha value is -3.10. The third kappa shape index (κ3) is 10.7. The first kappa shape index (κ1) is 37.2. The van der Waals surface area contributed by atoms with Crippen molar-refractivity contribution in [1.29, 1.82) is 0 Å². The Labute approximate surface area is 297 Å². The molecule has 0 saturated heterocycles. The molecule has 1 aromatic rings. The lowest BCUT2D eigenvalue weighted by Crippen LogP contribution is -2.49. The molecule has 7 atom stereocenters. The summed E-state index contributed by atoms with van der Waals surface area (Å²) >= 11 is 0. The number of ether oxygens (including phenoxy) is 2. The van der Waals surface area contributed by atoms with Gasteiger partial charge in [0, 0.05) is 29.9 Å². The second kappa shape index (κ2) is 18.8. The molecule has 266 valence electrons. The smallest absolute Gasteiger partial charge is 0.226 e. The van der Waals surface area contributed by atoms with E-state index in [2.05, 4.69) is 63.8 Å². The van der Waals surface area contributed by atoms with Crippen molar-refractivity contribution in [2.75, 3.05) is 6.54 Å². The molecule has 0 aromatic heterocycles. The first-order valence-electron chi connectivity index (χ1n) is 19.5. The van der Waals surface area contributed by atoms with Gasteiger partial charge in [-0.1, -0.05) is 68.5 Å². The molecular weight excluding hydrogens is 606 g/mol. The van der Waals surface area contributed by atoms with Gasteiger partial charge in [-0.05, 0) is 132 Å². The maximum absolute atomic E-state index is 14.0. The Morgan fingerprint density at radius 2 is 1.80 bits per heavy atom. The number of rotatable bonds is 12. The van der Waals surface area contributed by atoms with Crippen molar-refractivity contribution in [2.24, 2.45) is 29.6 Å². The molecule has 0 heterocycles. The van der Waals surface area contributed by atoms with Crippen LogP contribution in [-0.2, 0) is 19.1 Å². The minimum atomic E-state index is -0.0530. The standard InChI is InChI=1S/C44H61NO4/c1-5-32(3)29-39(6-2)48-40-22-18-36(19-23-40)37-20-24-41(25-21-37)49-42-14-10-13-38(31-42)45(27-28-46)44(47)43-26-17-35(30-33(43)4)16-15-34-11-8-7-9-12-34/h7-12,14,22,28-29,33,35-39,41-43H,5-6,13,17-21,23-27,30-31H2,1-4H3/b32-29-. The van der Waals surface area contributed by atoms with Gasteiger partial charge in [0.05, 0.1) is 24.5 Å². The van der Waals surface area contributed by atoms with E-state index in [1.807, 2.05) is 35.2 Å². The van der Waals surface area contributed by atoms with Crippen LogP contribution in [0.1, 0.15) is 123 Å². The maximum atomic E-state index is 14.0. The monoisotopic (exact) mass is 667 g/mol. The summed E-state index contributed by atoms with van der Waals surface area (Å²) in [7, 11) is 0. The fraction of sp³-hybridized carbons (Fsp3) is 0.636. The van der Waals surface area contributed by atoms with Gasteiger partial charge in [0.15, 0.2) is 0 Å². The van der Waals surface area contributed by atoms with E-state index in [0.29, 0.717) is 5.92 Å². The van der Waals surface area contributed by atoms with E-state index in [-0.39, 0.29) is 48.6 Å². The van der Waals surface area contributed by atoms with Gasteiger partial charge < -0.3 is 19.2 Å². The highest BCUT2D eigenvalue weighted by Crippen LogP contribution is 2.40. The molecule has 2 fully saturated rings. The maximum Gasteiger partial charge on any atom is 0.226 e. The molecule has 1 aromatic carbocycles. The Morgan fingerprint density at radius 3 is 2.47 bits per heavy atom. The zero-order chi connectivity index (χ0) is 34.6. The predicted octanol–water partition coefficient (Wildman–Crippen LogP) is 9.62. The van der Waals surface area contributed by atoms with Crippen LogP contribution in [0.25, 0.3) is 0 Å². The van der Waals surface area contributed by atoms with Crippen molar-refractivity contribution in [3.63, 3.8) is 0 Å². The van der Waals surface area contributed by atoms with Crippen LogP contribution in [0.4, 0.5) is 0 Å². The predicted molar refractivity (Wildman–Crippen MR) is 199 cm³/mol. The molecule has 0 N–H and O–H groups in total. The SMILES string of the molecule is CC/C(C)=C\C(CC)OC1=CCC(C2CCC(OC3C=CCC(N(CC=O)C(=O)C4CCC(C#Cc5ccccc5)CC4C)C3)CC2)CC1. The molecular formula is C44H61NO4. The quantitative estimate of drug-likeness (QED) is 0.127. The van der Waals surface area contributed by atoms with Crippen LogP contribution in [0.15, 0.2) is 66.0 Å². The Balaban J connectivity index is 1.07. The number of allylic oxidation sites excluding steroid dienone is 3.